The Kier molecular flexibility index (Phi) is 11.3. The number of hydrogen-bond donors (Lipinski definition) is 1. The zero-order valence-corrected chi connectivity index (χ0v) is 11.6. The largest absolute Gasteiger partial charge is 0.380 e. The molecular weight excluding hydrogens is 200 g/mol. The second-order valence-corrected chi connectivity index (χ2v) is 4.85. The first-order valence-corrected chi connectivity index (χ1v) is 6.63. The lowest BCUT2D eigenvalue weighted by Crippen LogP contribution is -2.31. The van der Waals surface area contributed by atoms with E-state index in [1.165, 1.54) is 12.8 Å². The summed E-state index contributed by atoms with van der Waals surface area (Å²) in [5.74, 6) is 0.746. The van der Waals surface area contributed by atoms with E-state index in [1.54, 1.807) is 0 Å². The van der Waals surface area contributed by atoms with E-state index < -0.39 is 0 Å². The fourth-order valence-corrected chi connectivity index (χ4v) is 1.32. The molecule has 0 atom stereocenters. The van der Waals surface area contributed by atoms with Crippen molar-refractivity contribution in [2.24, 2.45) is 5.92 Å². The van der Waals surface area contributed by atoms with Gasteiger partial charge in [0.25, 0.3) is 0 Å². The second kappa shape index (κ2) is 11.4. The minimum absolute atomic E-state index is 0.746. The highest BCUT2D eigenvalue weighted by Gasteiger charge is 1.98. The van der Waals surface area contributed by atoms with E-state index in [-0.39, 0.29) is 0 Å². The molecule has 0 spiro atoms. The zero-order chi connectivity index (χ0) is 12.2. The van der Waals surface area contributed by atoms with Crippen molar-refractivity contribution in [2.45, 2.75) is 33.6 Å². The average molecular weight is 230 g/mol. The number of nitrogens with zero attached hydrogens (tertiary/aromatic N) is 1. The van der Waals surface area contributed by atoms with Crippen LogP contribution in [0.5, 0.6) is 0 Å². The second-order valence-electron chi connectivity index (χ2n) is 4.85. The van der Waals surface area contributed by atoms with Crippen LogP contribution in [0.2, 0.25) is 0 Å². The van der Waals surface area contributed by atoms with Crippen molar-refractivity contribution in [1.82, 2.24) is 10.2 Å². The van der Waals surface area contributed by atoms with E-state index in [2.05, 4.69) is 38.0 Å². The van der Waals surface area contributed by atoms with Crippen molar-refractivity contribution in [3.05, 3.63) is 0 Å². The molecule has 0 radical (unpaired) electrons. The molecular formula is C13H30N2O. The summed E-state index contributed by atoms with van der Waals surface area (Å²) < 4.78 is 5.58. The van der Waals surface area contributed by atoms with Crippen molar-refractivity contribution < 1.29 is 4.74 Å². The standard InChI is InChI=1S/C13H30N2O/c1-5-7-14-8-9-15(4)10-12-16-11-6-13(2)3/h13-14H,5-12H2,1-4H3. The molecule has 0 bridgehead atoms. The maximum atomic E-state index is 5.58. The smallest absolute Gasteiger partial charge is 0.0593 e. The van der Waals surface area contributed by atoms with Gasteiger partial charge in [0, 0.05) is 26.2 Å². The van der Waals surface area contributed by atoms with E-state index in [0.717, 1.165) is 45.3 Å². The summed E-state index contributed by atoms with van der Waals surface area (Å²) in [4.78, 5) is 2.32. The molecule has 0 saturated heterocycles. The molecule has 0 heterocycles. The van der Waals surface area contributed by atoms with Crippen LogP contribution in [0.3, 0.4) is 0 Å². The molecule has 0 aliphatic heterocycles. The summed E-state index contributed by atoms with van der Waals surface area (Å²) in [5.41, 5.74) is 0. The predicted octanol–water partition coefficient (Wildman–Crippen LogP) is 1.98. The van der Waals surface area contributed by atoms with Gasteiger partial charge in [0.1, 0.15) is 0 Å². The van der Waals surface area contributed by atoms with Crippen molar-refractivity contribution in [2.75, 3.05) is 46.4 Å². The third kappa shape index (κ3) is 12.0. The fraction of sp³-hybridized carbons (Fsp3) is 1.00. The van der Waals surface area contributed by atoms with Gasteiger partial charge in [-0.1, -0.05) is 20.8 Å². The van der Waals surface area contributed by atoms with Gasteiger partial charge in [-0.3, -0.25) is 0 Å². The Morgan fingerprint density at radius 3 is 2.50 bits per heavy atom. The Bertz CT molecular complexity index is 140. The lowest BCUT2D eigenvalue weighted by molar-refractivity contribution is 0.103. The Morgan fingerprint density at radius 1 is 1.12 bits per heavy atom. The van der Waals surface area contributed by atoms with Crippen LogP contribution in [0, 0.1) is 5.92 Å². The van der Waals surface area contributed by atoms with Crippen LogP contribution in [0.15, 0.2) is 0 Å². The van der Waals surface area contributed by atoms with E-state index in [1.807, 2.05) is 0 Å². The van der Waals surface area contributed by atoms with Crippen LogP contribution in [-0.2, 0) is 4.74 Å². The maximum Gasteiger partial charge on any atom is 0.0593 e. The number of nitrogens with one attached hydrogen (secondary N) is 1. The van der Waals surface area contributed by atoms with Crippen molar-refractivity contribution in [3.63, 3.8) is 0 Å². The summed E-state index contributed by atoms with van der Waals surface area (Å²) in [7, 11) is 2.15. The molecule has 1 N–H and O–H groups in total. The summed E-state index contributed by atoms with van der Waals surface area (Å²) in [6, 6.07) is 0. The van der Waals surface area contributed by atoms with Crippen LogP contribution < -0.4 is 5.32 Å². The lowest BCUT2D eigenvalue weighted by Gasteiger charge is -2.17. The molecule has 16 heavy (non-hydrogen) atoms. The van der Waals surface area contributed by atoms with E-state index in [0.29, 0.717) is 0 Å². The summed E-state index contributed by atoms with van der Waals surface area (Å²) in [6.07, 6.45) is 2.38. The number of hydrogen-bond acceptors (Lipinski definition) is 3. The maximum absolute atomic E-state index is 5.58. The third-order valence-electron chi connectivity index (χ3n) is 2.55. The summed E-state index contributed by atoms with van der Waals surface area (Å²) >= 11 is 0. The zero-order valence-electron chi connectivity index (χ0n) is 11.6. The molecule has 0 aromatic rings. The highest BCUT2D eigenvalue weighted by molar-refractivity contribution is 4.54. The molecule has 3 nitrogen and oxygen atoms in total. The van der Waals surface area contributed by atoms with Gasteiger partial charge in [0.05, 0.1) is 6.61 Å². The lowest BCUT2D eigenvalue weighted by atomic mass is 10.1. The Balaban J connectivity index is 3.14. The molecule has 0 rings (SSSR count). The van der Waals surface area contributed by atoms with E-state index in [9.17, 15) is 0 Å². The third-order valence-corrected chi connectivity index (χ3v) is 2.55. The number of ether oxygens (including phenoxy) is 1. The van der Waals surface area contributed by atoms with Crippen LogP contribution in [0.1, 0.15) is 33.6 Å². The van der Waals surface area contributed by atoms with E-state index >= 15 is 0 Å². The van der Waals surface area contributed by atoms with Crippen molar-refractivity contribution in [1.29, 1.82) is 0 Å². The van der Waals surface area contributed by atoms with Gasteiger partial charge in [-0.15, -0.1) is 0 Å². The fourth-order valence-electron chi connectivity index (χ4n) is 1.32. The molecule has 3 heteroatoms. The SMILES string of the molecule is CCCNCCN(C)CCOCCC(C)C. The van der Waals surface area contributed by atoms with Gasteiger partial charge in [0.15, 0.2) is 0 Å². The van der Waals surface area contributed by atoms with Crippen LogP contribution in [0.25, 0.3) is 0 Å². The highest BCUT2D eigenvalue weighted by Crippen LogP contribution is 1.98. The number of rotatable bonds is 11. The van der Waals surface area contributed by atoms with Crippen LogP contribution >= 0.6 is 0 Å². The van der Waals surface area contributed by atoms with Gasteiger partial charge >= 0.3 is 0 Å². The first-order chi connectivity index (χ1) is 7.66. The quantitative estimate of drug-likeness (QED) is 0.549. The molecule has 0 aliphatic rings. The minimum Gasteiger partial charge on any atom is -0.380 e. The molecule has 0 amide bonds. The van der Waals surface area contributed by atoms with Crippen LogP contribution in [0.4, 0.5) is 0 Å². The normalized spacial score (nSPS) is 11.6. The summed E-state index contributed by atoms with van der Waals surface area (Å²) in [5, 5.41) is 3.40. The molecule has 0 fully saturated rings. The molecule has 0 unspecified atom stereocenters. The van der Waals surface area contributed by atoms with Crippen molar-refractivity contribution >= 4 is 0 Å². The van der Waals surface area contributed by atoms with Gasteiger partial charge in [-0.2, -0.15) is 0 Å². The van der Waals surface area contributed by atoms with Gasteiger partial charge in [-0.05, 0) is 32.4 Å². The number of likely N-dealkylation sites (N-methyl/N-ethyl adjacent to an activating group) is 1. The Morgan fingerprint density at radius 2 is 1.88 bits per heavy atom. The molecule has 0 aromatic heterocycles. The predicted molar refractivity (Wildman–Crippen MR) is 70.9 cm³/mol. The molecule has 0 saturated carbocycles. The Labute approximate surface area is 102 Å². The van der Waals surface area contributed by atoms with Gasteiger partial charge < -0.3 is 15.0 Å². The molecule has 98 valence electrons. The minimum atomic E-state index is 0.746. The van der Waals surface area contributed by atoms with Crippen LogP contribution in [-0.4, -0.2) is 51.3 Å². The average Bonchev–Trinajstić information content (AvgIpc) is 2.23. The monoisotopic (exact) mass is 230 g/mol. The first-order valence-electron chi connectivity index (χ1n) is 6.63. The first kappa shape index (κ1) is 15.9. The molecule has 0 aromatic carbocycles. The van der Waals surface area contributed by atoms with Gasteiger partial charge in [-0.25, -0.2) is 0 Å². The topological polar surface area (TPSA) is 24.5 Å². The molecule has 0 aliphatic carbocycles. The highest BCUT2D eigenvalue weighted by atomic mass is 16.5. The van der Waals surface area contributed by atoms with Gasteiger partial charge in [0.2, 0.25) is 0 Å². The summed E-state index contributed by atoms with van der Waals surface area (Å²) in [6.45, 7) is 12.8. The van der Waals surface area contributed by atoms with E-state index in [4.69, 9.17) is 4.74 Å². The Hall–Kier alpha value is -0.120. The van der Waals surface area contributed by atoms with Crippen molar-refractivity contribution in [3.8, 4) is 0 Å².